The molecule has 0 saturated carbocycles. The monoisotopic (exact) mass is 357 g/mol. The summed E-state index contributed by atoms with van der Waals surface area (Å²) in [5, 5.41) is 2.92. The number of benzene rings is 1. The molecule has 7 heteroatoms. The zero-order valence-electron chi connectivity index (χ0n) is 11.6. The van der Waals surface area contributed by atoms with E-state index in [2.05, 4.69) is 5.32 Å². The first-order valence-corrected chi connectivity index (χ1v) is 8.17. The molecule has 0 saturated heterocycles. The van der Waals surface area contributed by atoms with Crippen LogP contribution in [0.15, 0.2) is 36.4 Å². The third-order valence-corrected chi connectivity index (χ3v) is 4.22. The highest BCUT2D eigenvalue weighted by molar-refractivity contribution is 7.20. The van der Waals surface area contributed by atoms with Crippen molar-refractivity contribution in [3.05, 3.63) is 42.0 Å². The second-order valence-electron chi connectivity index (χ2n) is 4.23. The summed E-state index contributed by atoms with van der Waals surface area (Å²) in [7, 11) is 0. The lowest BCUT2D eigenvalue weighted by Gasteiger charge is -2.05. The molecule has 0 spiro atoms. The number of hydrogen-bond acceptors (Lipinski definition) is 4. The van der Waals surface area contributed by atoms with Crippen molar-refractivity contribution >= 4 is 51.4 Å². The number of carbonyl (C=O) groups excluding carboxylic acids is 2. The van der Waals surface area contributed by atoms with Gasteiger partial charge in [0.25, 0.3) is 5.91 Å². The van der Waals surface area contributed by atoms with Gasteiger partial charge in [-0.05, 0) is 18.6 Å². The third-order valence-electron chi connectivity index (χ3n) is 2.72. The van der Waals surface area contributed by atoms with E-state index >= 15 is 0 Å². The number of amides is 1. The van der Waals surface area contributed by atoms with Gasteiger partial charge in [0.05, 0.1) is 12.2 Å². The van der Waals surface area contributed by atoms with Crippen molar-refractivity contribution in [1.82, 2.24) is 0 Å². The summed E-state index contributed by atoms with van der Waals surface area (Å²) in [6.07, 6.45) is 0. The maximum Gasteiger partial charge on any atom is 0.341 e. The van der Waals surface area contributed by atoms with Gasteiger partial charge in [-0.3, -0.25) is 4.79 Å². The van der Waals surface area contributed by atoms with E-state index < -0.39 is 16.7 Å². The smallest absolute Gasteiger partial charge is 0.341 e. The number of esters is 1. The van der Waals surface area contributed by atoms with Crippen LogP contribution in [0.1, 0.15) is 17.3 Å². The van der Waals surface area contributed by atoms with Crippen molar-refractivity contribution < 1.29 is 14.3 Å². The molecule has 1 aromatic carbocycles. The molecule has 0 atom stereocenters. The molecule has 4 nitrogen and oxygen atoms in total. The first kappa shape index (κ1) is 16.8. The van der Waals surface area contributed by atoms with Crippen molar-refractivity contribution in [3.8, 4) is 10.4 Å². The summed E-state index contributed by atoms with van der Waals surface area (Å²) >= 11 is 12.3. The Kier molecular flexibility index (Phi) is 5.83. The fraction of sp³-hybridized carbons (Fsp3) is 0.200. The van der Waals surface area contributed by atoms with Gasteiger partial charge >= 0.3 is 5.97 Å². The van der Waals surface area contributed by atoms with Gasteiger partial charge in [0.15, 0.2) is 4.84 Å². The van der Waals surface area contributed by atoms with Crippen LogP contribution in [0.2, 0.25) is 0 Å². The van der Waals surface area contributed by atoms with Gasteiger partial charge in [-0.1, -0.05) is 53.5 Å². The van der Waals surface area contributed by atoms with E-state index in [0.29, 0.717) is 5.00 Å². The highest BCUT2D eigenvalue weighted by Crippen LogP contribution is 2.36. The average molecular weight is 358 g/mol. The van der Waals surface area contributed by atoms with Gasteiger partial charge < -0.3 is 10.1 Å². The predicted molar refractivity (Wildman–Crippen MR) is 89.8 cm³/mol. The van der Waals surface area contributed by atoms with Gasteiger partial charge in [-0.25, -0.2) is 4.79 Å². The van der Waals surface area contributed by atoms with E-state index in [1.165, 1.54) is 11.3 Å². The number of rotatable bonds is 5. The minimum Gasteiger partial charge on any atom is -0.462 e. The predicted octanol–water partition coefficient (Wildman–Crippen LogP) is 4.33. The van der Waals surface area contributed by atoms with Crippen molar-refractivity contribution in [2.24, 2.45) is 0 Å². The van der Waals surface area contributed by atoms with E-state index in [1.807, 2.05) is 30.3 Å². The molecule has 0 aliphatic rings. The lowest BCUT2D eigenvalue weighted by molar-refractivity contribution is -0.114. The van der Waals surface area contributed by atoms with Gasteiger partial charge in [-0.2, -0.15) is 0 Å². The summed E-state index contributed by atoms with van der Waals surface area (Å²) in [5.74, 6) is -1.09. The first-order chi connectivity index (χ1) is 10.5. The Morgan fingerprint density at radius 1 is 1.27 bits per heavy atom. The Balaban J connectivity index is 2.39. The molecule has 2 rings (SSSR count). The molecule has 2 aromatic rings. The number of carbonyl (C=O) groups is 2. The van der Waals surface area contributed by atoms with Crippen LogP contribution in [-0.4, -0.2) is 23.3 Å². The highest BCUT2D eigenvalue weighted by Gasteiger charge is 2.21. The zero-order chi connectivity index (χ0) is 16.1. The minimum atomic E-state index is -1.21. The molecular weight excluding hydrogens is 345 g/mol. The van der Waals surface area contributed by atoms with E-state index in [9.17, 15) is 9.59 Å². The third kappa shape index (κ3) is 4.00. The van der Waals surface area contributed by atoms with Crippen LogP contribution in [0, 0.1) is 0 Å². The van der Waals surface area contributed by atoms with Crippen molar-refractivity contribution in [2.45, 2.75) is 11.8 Å². The van der Waals surface area contributed by atoms with Gasteiger partial charge in [0.1, 0.15) is 5.00 Å². The summed E-state index contributed by atoms with van der Waals surface area (Å²) in [6.45, 7) is 1.96. The number of ether oxygens (including phenoxy) is 1. The van der Waals surface area contributed by atoms with Gasteiger partial charge in [0, 0.05) is 4.88 Å². The van der Waals surface area contributed by atoms with Gasteiger partial charge in [-0.15, -0.1) is 11.3 Å². The summed E-state index contributed by atoms with van der Waals surface area (Å²) in [4.78, 5) is 23.3. The molecule has 0 fully saturated rings. The maximum absolute atomic E-state index is 12.0. The Labute approximate surface area is 142 Å². The van der Waals surface area contributed by atoms with E-state index in [-0.39, 0.29) is 12.2 Å². The molecule has 1 aromatic heterocycles. The standard InChI is InChI=1S/C15H13Cl2NO3S/c1-2-21-15(20)10-8-11(9-6-4-3-5-7-9)22-14(10)18-13(19)12(16)17/h3-8,12H,2H2,1H3,(H,18,19). The van der Waals surface area contributed by atoms with Crippen molar-refractivity contribution in [3.63, 3.8) is 0 Å². The largest absolute Gasteiger partial charge is 0.462 e. The fourth-order valence-electron chi connectivity index (χ4n) is 1.76. The molecule has 1 amide bonds. The van der Waals surface area contributed by atoms with E-state index in [0.717, 1.165) is 10.4 Å². The molecule has 1 heterocycles. The van der Waals surface area contributed by atoms with Crippen LogP contribution >= 0.6 is 34.5 Å². The van der Waals surface area contributed by atoms with E-state index in [1.54, 1.807) is 13.0 Å². The number of thiophene rings is 1. The normalized spacial score (nSPS) is 10.5. The Morgan fingerprint density at radius 2 is 1.95 bits per heavy atom. The topological polar surface area (TPSA) is 55.4 Å². The van der Waals surface area contributed by atoms with Crippen molar-refractivity contribution in [1.29, 1.82) is 0 Å². The Morgan fingerprint density at radius 3 is 2.55 bits per heavy atom. The summed E-state index contributed by atoms with van der Waals surface area (Å²) in [6, 6.07) is 11.2. The molecule has 1 N–H and O–H groups in total. The fourth-order valence-corrected chi connectivity index (χ4v) is 2.92. The zero-order valence-corrected chi connectivity index (χ0v) is 14.0. The van der Waals surface area contributed by atoms with Gasteiger partial charge in [0.2, 0.25) is 0 Å². The Bertz CT molecular complexity index is 671. The first-order valence-electron chi connectivity index (χ1n) is 6.48. The maximum atomic E-state index is 12.0. The van der Waals surface area contributed by atoms with Crippen molar-refractivity contribution in [2.75, 3.05) is 11.9 Å². The number of hydrogen-bond donors (Lipinski definition) is 1. The van der Waals surface area contributed by atoms with Crippen LogP contribution < -0.4 is 5.32 Å². The second kappa shape index (κ2) is 7.63. The molecule has 22 heavy (non-hydrogen) atoms. The molecular formula is C15H13Cl2NO3S. The molecule has 0 unspecified atom stereocenters. The van der Waals surface area contributed by atoms with Crippen LogP contribution in [0.4, 0.5) is 5.00 Å². The van der Waals surface area contributed by atoms with Crippen LogP contribution in [0.25, 0.3) is 10.4 Å². The summed E-state index contributed by atoms with van der Waals surface area (Å²) < 4.78 is 5.01. The Hall–Kier alpha value is -1.56. The highest BCUT2D eigenvalue weighted by atomic mass is 35.5. The van der Waals surface area contributed by atoms with Crippen LogP contribution in [0.5, 0.6) is 0 Å². The second-order valence-corrected chi connectivity index (χ2v) is 6.38. The molecule has 0 aliphatic carbocycles. The number of nitrogens with one attached hydrogen (secondary N) is 1. The summed E-state index contributed by atoms with van der Waals surface area (Å²) in [5.41, 5.74) is 1.22. The number of halogens is 2. The lowest BCUT2D eigenvalue weighted by Crippen LogP contribution is -2.19. The molecule has 116 valence electrons. The number of anilines is 1. The van der Waals surface area contributed by atoms with Crippen LogP contribution in [0.3, 0.4) is 0 Å². The lowest BCUT2D eigenvalue weighted by atomic mass is 10.1. The van der Waals surface area contributed by atoms with Crippen LogP contribution in [-0.2, 0) is 9.53 Å². The molecule has 0 bridgehead atoms. The minimum absolute atomic E-state index is 0.246. The number of alkyl halides is 2. The molecule has 0 aliphatic heterocycles. The average Bonchev–Trinajstić information content (AvgIpc) is 2.92. The SMILES string of the molecule is CCOC(=O)c1cc(-c2ccccc2)sc1NC(=O)C(Cl)Cl. The van der Waals surface area contributed by atoms with E-state index in [4.69, 9.17) is 27.9 Å². The molecule has 0 radical (unpaired) electrons. The quantitative estimate of drug-likeness (QED) is 0.639.